The maximum absolute atomic E-state index is 11.5. The highest BCUT2D eigenvalue weighted by Crippen LogP contribution is 2.18. The van der Waals surface area contributed by atoms with Crippen molar-refractivity contribution < 1.29 is 9.59 Å². The molecule has 0 fully saturated rings. The van der Waals surface area contributed by atoms with Crippen LogP contribution in [0.1, 0.15) is 37.0 Å². The maximum atomic E-state index is 11.5. The molecule has 0 unspecified atom stereocenters. The van der Waals surface area contributed by atoms with Crippen LogP contribution in [0.25, 0.3) is 0 Å². The lowest BCUT2D eigenvalue weighted by atomic mass is 10.1. The maximum Gasteiger partial charge on any atom is 0.225 e. The normalized spacial score (nSPS) is 10.1. The third-order valence-electron chi connectivity index (χ3n) is 3.07. The molecule has 2 N–H and O–H groups in total. The quantitative estimate of drug-likeness (QED) is 0.796. The van der Waals surface area contributed by atoms with Crippen LogP contribution in [0.4, 0.5) is 17.2 Å². The first-order chi connectivity index (χ1) is 10.6. The van der Waals surface area contributed by atoms with Crippen molar-refractivity contribution in [1.82, 2.24) is 4.98 Å². The third kappa shape index (κ3) is 4.41. The number of carbonyl (C=O) groups is 2. The van der Waals surface area contributed by atoms with Gasteiger partial charge in [-0.2, -0.15) is 0 Å². The molecule has 0 aliphatic heterocycles. The van der Waals surface area contributed by atoms with Gasteiger partial charge >= 0.3 is 0 Å². The monoisotopic (exact) mass is 297 g/mol. The molecular weight excluding hydrogens is 278 g/mol. The lowest BCUT2D eigenvalue weighted by molar-refractivity contribution is -0.116. The van der Waals surface area contributed by atoms with Crippen molar-refractivity contribution in [3.63, 3.8) is 0 Å². The Balaban J connectivity index is 2.03. The largest absolute Gasteiger partial charge is 0.354 e. The second-order valence-corrected chi connectivity index (χ2v) is 4.99. The summed E-state index contributed by atoms with van der Waals surface area (Å²) in [6.45, 7) is 3.49. The van der Waals surface area contributed by atoms with Crippen LogP contribution in [-0.2, 0) is 4.79 Å². The first kappa shape index (κ1) is 15.7. The molecule has 1 heterocycles. The van der Waals surface area contributed by atoms with Crippen molar-refractivity contribution >= 4 is 28.9 Å². The van der Waals surface area contributed by atoms with E-state index in [-0.39, 0.29) is 11.7 Å². The van der Waals surface area contributed by atoms with Crippen LogP contribution in [0.15, 0.2) is 42.6 Å². The molecular formula is C17H19N3O2. The predicted molar refractivity (Wildman–Crippen MR) is 87.5 cm³/mol. The van der Waals surface area contributed by atoms with Gasteiger partial charge in [0.2, 0.25) is 5.91 Å². The van der Waals surface area contributed by atoms with Crippen molar-refractivity contribution in [3.05, 3.63) is 48.2 Å². The summed E-state index contributed by atoms with van der Waals surface area (Å²) < 4.78 is 0. The van der Waals surface area contributed by atoms with Gasteiger partial charge in [0.05, 0.1) is 11.9 Å². The summed E-state index contributed by atoms with van der Waals surface area (Å²) in [5, 5.41) is 5.91. The number of hydrogen-bond donors (Lipinski definition) is 2. The Morgan fingerprint density at radius 2 is 1.95 bits per heavy atom. The molecule has 22 heavy (non-hydrogen) atoms. The summed E-state index contributed by atoms with van der Waals surface area (Å²) in [4.78, 5) is 27.1. The Kier molecular flexibility index (Phi) is 5.25. The molecule has 0 saturated heterocycles. The predicted octanol–water partition coefficient (Wildman–Crippen LogP) is 3.77. The van der Waals surface area contributed by atoms with E-state index in [1.165, 1.54) is 6.92 Å². The Morgan fingerprint density at radius 1 is 1.14 bits per heavy atom. The van der Waals surface area contributed by atoms with Crippen LogP contribution in [-0.4, -0.2) is 16.7 Å². The third-order valence-corrected chi connectivity index (χ3v) is 3.07. The SMILES string of the molecule is CCCC(=O)Nc1ccc(Nc2cccc(C(C)=O)c2)cn1. The molecule has 5 nitrogen and oxygen atoms in total. The van der Waals surface area contributed by atoms with Crippen LogP contribution >= 0.6 is 0 Å². The zero-order valence-corrected chi connectivity index (χ0v) is 12.7. The van der Waals surface area contributed by atoms with Gasteiger partial charge in [-0.3, -0.25) is 9.59 Å². The topological polar surface area (TPSA) is 71.1 Å². The van der Waals surface area contributed by atoms with Crippen molar-refractivity contribution in [2.24, 2.45) is 0 Å². The first-order valence-corrected chi connectivity index (χ1v) is 7.22. The number of nitrogens with one attached hydrogen (secondary N) is 2. The number of anilines is 3. The van der Waals surface area contributed by atoms with E-state index in [9.17, 15) is 9.59 Å². The Bertz CT molecular complexity index is 666. The minimum atomic E-state index is -0.0372. The summed E-state index contributed by atoms with van der Waals surface area (Å²) in [7, 11) is 0. The van der Waals surface area contributed by atoms with Gasteiger partial charge in [-0.05, 0) is 37.6 Å². The number of benzene rings is 1. The minimum absolute atomic E-state index is 0.0239. The molecule has 1 aromatic heterocycles. The zero-order chi connectivity index (χ0) is 15.9. The Labute approximate surface area is 129 Å². The molecule has 5 heteroatoms. The summed E-state index contributed by atoms with van der Waals surface area (Å²) in [6.07, 6.45) is 2.93. The summed E-state index contributed by atoms with van der Waals surface area (Å²) in [5.41, 5.74) is 2.26. The molecule has 0 atom stereocenters. The smallest absolute Gasteiger partial charge is 0.225 e. The number of Topliss-reactive ketones (excluding diaryl/α,β-unsaturated/α-hetero) is 1. The van der Waals surface area contributed by atoms with Gasteiger partial charge in [0, 0.05) is 17.7 Å². The second-order valence-electron chi connectivity index (χ2n) is 4.99. The molecule has 1 amide bonds. The van der Waals surface area contributed by atoms with Gasteiger partial charge in [-0.25, -0.2) is 4.98 Å². The van der Waals surface area contributed by atoms with Crippen LogP contribution in [0.2, 0.25) is 0 Å². The van der Waals surface area contributed by atoms with E-state index in [0.717, 1.165) is 17.8 Å². The lowest BCUT2D eigenvalue weighted by Crippen LogP contribution is -2.11. The van der Waals surface area contributed by atoms with Crippen LogP contribution in [0.3, 0.4) is 0 Å². The average Bonchev–Trinajstić information content (AvgIpc) is 2.50. The Morgan fingerprint density at radius 3 is 2.59 bits per heavy atom. The van der Waals surface area contributed by atoms with E-state index in [2.05, 4.69) is 15.6 Å². The minimum Gasteiger partial charge on any atom is -0.354 e. The van der Waals surface area contributed by atoms with Gasteiger partial charge in [-0.1, -0.05) is 19.1 Å². The molecule has 0 saturated carbocycles. The van der Waals surface area contributed by atoms with E-state index in [4.69, 9.17) is 0 Å². The van der Waals surface area contributed by atoms with Gasteiger partial charge in [0.15, 0.2) is 5.78 Å². The van der Waals surface area contributed by atoms with Crippen molar-refractivity contribution in [1.29, 1.82) is 0 Å². The van der Waals surface area contributed by atoms with Gasteiger partial charge in [-0.15, -0.1) is 0 Å². The standard InChI is InChI=1S/C17H19N3O2/c1-3-5-17(22)20-16-9-8-15(11-18-16)19-14-7-4-6-13(10-14)12(2)21/h4,6-11,19H,3,5H2,1-2H3,(H,18,20,22). The fraction of sp³-hybridized carbons (Fsp3) is 0.235. The molecule has 0 aliphatic carbocycles. The number of hydrogen-bond acceptors (Lipinski definition) is 4. The van der Waals surface area contributed by atoms with E-state index in [0.29, 0.717) is 17.8 Å². The number of carbonyl (C=O) groups excluding carboxylic acids is 2. The fourth-order valence-electron chi connectivity index (χ4n) is 1.96. The van der Waals surface area contributed by atoms with Gasteiger partial charge < -0.3 is 10.6 Å². The second kappa shape index (κ2) is 7.36. The molecule has 0 bridgehead atoms. The number of nitrogens with zero attached hydrogens (tertiary/aromatic N) is 1. The van der Waals surface area contributed by atoms with Crippen molar-refractivity contribution in [2.75, 3.05) is 10.6 Å². The number of amides is 1. The fourth-order valence-corrected chi connectivity index (χ4v) is 1.96. The number of pyridine rings is 1. The molecule has 1 aromatic carbocycles. The van der Waals surface area contributed by atoms with Crippen LogP contribution < -0.4 is 10.6 Å². The van der Waals surface area contributed by atoms with Crippen LogP contribution in [0.5, 0.6) is 0 Å². The van der Waals surface area contributed by atoms with Crippen molar-refractivity contribution in [3.8, 4) is 0 Å². The summed E-state index contributed by atoms with van der Waals surface area (Å²) >= 11 is 0. The highest BCUT2D eigenvalue weighted by Gasteiger charge is 2.03. The van der Waals surface area contributed by atoms with Crippen molar-refractivity contribution in [2.45, 2.75) is 26.7 Å². The zero-order valence-electron chi connectivity index (χ0n) is 12.7. The van der Waals surface area contributed by atoms with E-state index >= 15 is 0 Å². The first-order valence-electron chi connectivity index (χ1n) is 7.22. The molecule has 2 rings (SSSR count). The molecule has 0 radical (unpaired) electrons. The highest BCUT2D eigenvalue weighted by molar-refractivity contribution is 5.95. The van der Waals surface area contributed by atoms with E-state index in [1.54, 1.807) is 24.4 Å². The molecule has 2 aromatic rings. The Hall–Kier alpha value is -2.69. The van der Waals surface area contributed by atoms with E-state index < -0.39 is 0 Å². The summed E-state index contributed by atoms with van der Waals surface area (Å²) in [5.74, 6) is 0.516. The highest BCUT2D eigenvalue weighted by atomic mass is 16.1. The molecule has 0 spiro atoms. The average molecular weight is 297 g/mol. The number of ketones is 1. The van der Waals surface area contributed by atoms with Gasteiger partial charge in [0.1, 0.15) is 5.82 Å². The summed E-state index contributed by atoms with van der Waals surface area (Å²) in [6, 6.07) is 10.8. The number of aromatic nitrogens is 1. The lowest BCUT2D eigenvalue weighted by Gasteiger charge is -2.08. The molecule has 114 valence electrons. The van der Waals surface area contributed by atoms with Gasteiger partial charge in [0.25, 0.3) is 0 Å². The molecule has 0 aliphatic rings. The van der Waals surface area contributed by atoms with Crippen LogP contribution in [0, 0.1) is 0 Å². The number of rotatable bonds is 6. The van der Waals surface area contributed by atoms with E-state index in [1.807, 2.05) is 25.1 Å².